The Kier molecular flexibility index (Phi) is 13.9. The Hall–Kier alpha value is 0.170. The molecular formula is C8H22ClNO2. The zero-order valence-corrected chi connectivity index (χ0v) is 9.47. The van der Waals surface area contributed by atoms with E-state index in [1.54, 1.807) is 13.8 Å². The summed E-state index contributed by atoms with van der Waals surface area (Å²) < 4.78 is 0.844. The monoisotopic (exact) mass is 199 g/mol. The van der Waals surface area contributed by atoms with Crippen LogP contribution in [0.1, 0.15) is 13.8 Å². The molecule has 0 atom stereocenters. The number of aliphatic hydroxyl groups is 2. The van der Waals surface area contributed by atoms with Crippen LogP contribution in [0.5, 0.6) is 0 Å². The first kappa shape index (κ1) is 18.1. The van der Waals surface area contributed by atoms with Crippen molar-refractivity contribution in [2.45, 2.75) is 20.0 Å². The van der Waals surface area contributed by atoms with Gasteiger partial charge in [0.1, 0.15) is 6.54 Å². The summed E-state index contributed by atoms with van der Waals surface area (Å²) in [4.78, 5) is 0. The van der Waals surface area contributed by atoms with E-state index in [-0.39, 0.29) is 25.1 Å². The van der Waals surface area contributed by atoms with Crippen LogP contribution in [-0.4, -0.2) is 55.1 Å². The predicted octanol–water partition coefficient (Wildman–Crippen LogP) is -2.92. The maximum Gasteiger partial charge on any atom is 0.101 e. The van der Waals surface area contributed by atoms with Gasteiger partial charge in [0.2, 0.25) is 0 Å². The molecule has 0 saturated heterocycles. The molecule has 0 aromatic carbocycles. The van der Waals surface area contributed by atoms with E-state index in [2.05, 4.69) is 21.1 Å². The average Bonchev–Trinajstić information content (AvgIpc) is 1.58. The standard InChI is InChI=1S/C5H14NO.C3H8O.ClH/c1-6(2,3)4-5-7;1-3(2)4;/h7H,4-5H2,1-3H3;3-4H,1-2H3;1H/q+1;;/p-1. The molecule has 4 heteroatoms. The van der Waals surface area contributed by atoms with Gasteiger partial charge in [0.15, 0.2) is 0 Å². The summed E-state index contributed by atoms with van der Waals surface area (Å²) in [5.74, 6) is 0. The van der Waals surface area contributed by atoms with Gasteiger partial charge in [-0.2, -0.15) is 0 Å². The highest BCUT2D eigenvalue weighted by Crippen LogP contribution is 1.84. The number of hydrogen-bond donors (Lipinski definition) is 2. The van der Waals surface area contributed by atoms with E-state index in [1.807, 2.05) is 0 Å². The molecule has 0 aliphatic carbocycles. The second-order valence-corrected chi connectivity index (χ2v) is 3.83. The molecule has 0 bridgehead atoms. The van der Waals surface area contributed by atoms with Gasteiger partial charge in [-0.3, -0.25) is 0 Å². The lowest BCUT2D eigenvalue weighted by atomic mass is 10.5. The lowest BCUT2D eigenvalue weighted by Gasteiger charge is -2.21. The van der Waals surface area contributed by atoms with Crippen LogP contribution in [0.3, 0.4) is 0 Å². The Morgan fingerprint density at radius 2 is 1.42 bits per heavy atom. The fourth-order valence-corrected chi connectivity index (χ4v) is 0.300. The van der Waals surface area contributed by atoms with Crippen molar-refractivity contribution in [1.29, 1.82) is 0 Å². The Bertz CT molecular complexity index is 78.9. The van der Waals surface area contributed by atoms with Gasteiger partial charge in [0.25, 0.3) is 0 Å². The van der Waals surface area contributed by atoms with Crippen LogP contribution in [-0.2, 0) is 0 Å². The van der Waals surface area contributed by atoms with E-state index >= 15 is 0 Å². The van der Waals surface area contributed by atoms with Crippen LogP contribution in [0.2, 0.25) is 0 Å². The van der Waals surface area contributed by atoms with Gasteiger partial charge in [0.05, 0.1) is 27.7 Å². The summed E-state index contributed by atoms with van der Waals surface area (Å²) in [6.45, 7) is 4.56. The Labute approximate surface area is 82.0 Å². The number of nitrogens with zero attached hydrogens (tertiary/aromatic N) is 1. The molecule has 0 spiro atoms. The van der Waals surface area contributed by atoms with E-state index < -0.39 is 0 Å². The highest BCUT2D eigenvalue weighted by molar-refractivity contribution is 4.21. The van der Waals surface area contributed by atoms with Crippen molar-refractivity contribution >= 4 is 0 Å². The molecule has 0 aliphatic rings. The quantitative estimate of drug-likeness (QED) is 0.468. The van der Waals surface area contributed by atoms with E-state index in [0.717, 1.165) is 11.0 Å². The van der Waals surface area contributed by atoms with Crippen LogP contribution in [0, 0.1) is 0 Å². The minimum atomic E-state index is -0.167. The Balaban J connectivity index is -0.000000142. The molecule has 12 heavy (non-hydrogen) atoms. The normalized spacial score (nSPS) is 10.0. The van der Waals surface area contributed by atoms with Crippen LogP contribution >= 0.6 is 0 Å². The molecule has 0 aromatic rings. The van der Waals surface area contributed by atoms with Crippen LogP contribution < -0.4 is 12.4 Å². The molecule has 2 N–H and O–H groups in total. The Morgan fingerprint density at radius 1 is 1.17 bits per heavy atom. The summed E-state index contributed by atoms with van der Waals surface area (Å²) in [6, 6.07) is 0. The van der Waals surface area contributed by atoms with Gasteiger partial charge in [-0.05, 0) is 13.8 Å². The fourth-order valence-electron chi connectivity index (χ4n) is 0.300. The molecule has 0 unspecified atom stereocenters. The second-order valence-electron chi connectivity index (χ2n) is 3.83. The molecule has 0 heterocycles. The fraction of sp³-hybridized carbons (Fsp3) is 1.00. The summed E-state index contributed by atoms with van der Waals surface area (Å²) in [6.07, 6.45) is -0.167. The van der Waals surface area contributed by atoms with Crippen molar-refractivity contribution in [2.75, 3.05) is 34.3 Å². The third-order valence-corrected chi connectivity index (χ3v) is 0.771. The number of aliphatic hydroxyl groups excluding tert-OH is 2. The average molecular weight is 200 g/mol. The van der Waals surface area contributed by atoms with E-state index in [9.17, 15) is 0 Å². The first-order valence-electron chi connectivity index (χ1n) is 3.89. The summed E-state index contributed by atoms with van der Waals surface area (Å²) in [5, 5.41) is 16.4. The van der Waals surface area contributed by atoms with Crippen molar-refractivity contribution in [3.63, 3.8) is 0 Å². The maximum atomic E-state index is 8.39. The summed E-state index contributed by atoms with van der Waals surface area (Å²) in [7, 11) is 6.16. The molecule has 0 saturated carbocycles. The topological polar surface area (TPSA) is 40.5 Å². The molecule has 0 rings (SSSR count). The highest BCUT2D eigenvalue weighted by Gasteiger charge is 2.02. The smallest absolute Gasteiger partial charge is 0.101 e. The number of hydrogen-bond acceptors (Lipinski definition) is 2. The Morgan fingerprint density at radius 3 is 1.42 bits per heavy atom. The first-order chi connectivity index (χ1) is 4.79. The molecule has 78 valence electrons. The number of likely N-dealkylation sites (N-methyl/N-ethyl adjacent to an activating group) is 1. The minimum Gasteiger partial charge on any atom is -1.00 e. The maximum absolute atomic E-state index is 8.39. The molecule has 0 radical (unpaired) electrons. The van der Waals surface area contributed by atoms with Crippen molar-refractivity contribution in [2.24, 2.45) is 0 Å². The number of quaternary nitrogens is 1. The largest absolute Gasteiger partial charge is 1.00 e. The van der Waals surface area contributed by atoms with Crippen molar-refractivity contribution in [1.82, 2.24) is 0 Å². The summed E-state index contributed by atoms with van der Waals surface area (Å²) in [5.41, 5.74) is 0. The number of rotatable bonds is 2. The van der Waals surface area contributed by atoms with Crippen molar-refractivity contribution in [3.05, 3.63) is 0 Å². The third kappa shape index (κ3) is 49.2. The van der Waals surface area contributed by atoms with Gasteiger partial charge in [-0.25, -0.2) is 0 Å². The van der Waals surface area contributed by atoms with E-state index in [0.29, 0.717) is 0 Å². The molecule has 0 amide bonds. The molecule has 0 fully saturated rings. The van der Waals surface area contributed by atoms with E-state index in [4.69, 9.17) is 10.2 Å². The number of halogens is 1. The van der Waals surface area contributed by atoms with Gasteiger partial charge < -0.3 is 27.1 Å². The van der Waals surface area contributed by atoms with Gasteiger partial charge in [-0.15, -0.1) is 0 Å². The molecule has 0 aromatic heterocycles. The van der Waals surface area contributed by atoms with Gasteiger partial charge in [-0.1, -0.05) is 0 Å². The van der Waals surface area contributed by atoms with Crippen LogP contribution in [0.25, 0.3) is 0 Å². The zero-order valence-electron chi connectivity index (χ0n) is 8.71. The zero-order chi connectivity index (χ0) is 9.49. The minimum absolute atomic E-state index is 0. The third-order valence-electron chi connectivity index (χ3n) is 0.771. The first-order valence-corrected chi connectivity index (χ1v) is 3.89. The molecule has 3 nitrogen and oxygen atoms in total. The lowest BCUT2D eigenvalue weighted by Crippen LogP contribution is -3.00. The molecule has 0 aliphatic heterocycles. The molecular weight excluding hydrogens is 178 g/mol. The highest BCUT2D eigenvalue weighted by atomic mass is 35.5. The van der Waals surface area contributed by atoms with Gasteiger partial charge >= 0.3 is 0 Å². The van der Waals surface area contributed by atoms with Crippen LogP contribution in [0.4, 0.5) is 0 Å². The summed E-state index contributed by atoms with van der Waals surface area (Å²) >= 11 is 0. The SMILES string of the molecule is CC(C)O.C[N+](C)(C)CCO.[Cl-]. The predicted molar refractivity (Wildman–Crippen MR) is 47.3 cm³/mol. The van der Waals surface area contributed by atoms with Crippen LogP contribution in [0.15, 0.2) is 0 Å². The van der Waals surface area contributed by atoms with Gasteiger partial charge in [0, 0.05) is 6.10 Å². The van der Waals surface area contributed by atoms with Crippen molar-refractivity contribution in [3.8, 4) is 0 Å². The lowest BCUT2D eigenvalue weighted by molar-refractivity contribution is -0.870. The van der Waals surface area contributed by atoms with Crippen molar-refractivity contribution < 1.29 is 27.1 Å². The second kappa shape index (κ2) is 9.26. The van der Waals surface area contributed by atoms with E-state index in [1.165, 1.54) is 0 Å².